The average molecular weight is 645 g/mol. The van der Waals surface area contributed by atoms with Crippen LogP contribution in [0, 0.1) is 19.3 Å². The minimum Gasteiger partial charge on any atom is -0.490 e. The number of ether oxygens (including phenoxy) is 2. The number of fused-ring (bicyclic) bond motifs is 11. The lowest BCUT2D eigenvalue weighted by Crippen LogP contribution is -2.48. The zero-order valence-corrected chi connectivity index (χ0v) is 27.7. The van der Waals surface area contributed by atoms with Crippen LogP contribution in [0.25, 0.3) is 0 Å². The molecule has 4 aliphatic rings. The molecule has 250 valence electrons. The van der Waals surface area contributed by atoms with Gasteiger partial charge < -0.3 is 34.0 Å². The van der Waals surface area contributed by atoms with Crippen molar-refractivity contribution in [2.45, 2.75) is 51.9 Å². The third-order valence-electron chi connectivity index (χ3n) is 9.70. The fraction of sp³-hybridized carbons (Fsp3) is 0.514. The van der Waals surface area contributed by atoms with Crippen LogP contribution in [0.3, 0.4) is 0 Å². The monoisotopic (exact) mass is 644 g/mol. The van der Waals surface area contributed by atoms with E-state index in [4.69, 9.17) is 14.0 Å². The van der Waals surface area contributed by atoms with Crippen molar-refractivity contribution in [3.8, 4) is 11.5 Å². The molecular formula is C35H44N6O6. The minimum atomic E-state index is -0.481. The Bertz CT molecular complexity index is 1600. The Hall–Kier alpha value is -4.61. The Labute approximate surface area is 275 Å². The zero-order valence-electron chi connectivity index (χ0n) is 27.7. The standard InChI is InChI=1S/C35H44N6O6/c1-23-26(24(2)47-38-23)12-14-32(43)41-19-28-27-8-5-9-29-33(27)46-22-35(28,21-41)20-37-31(42)10-6-15-40(16-7-17-45-29)34(44)25-11-13-30(36-18-25)39(3)4/h5,8-9,11,13,18,28H,6-7,10,12,14-17,19-22H2,1-4H3,(H,37,42)/t28-,35+/m0/s1. The van der Waals surface area contributed by atoms with Gasteiger partial charge in [0.1, 0.15) is 11.6 Å². The van der Waals surface area contributed by atoms with Crippen LogP contribution in [-0.4, -0.2) is 97.7 Å². The second kappa shape index (κ2) is 13.6. The number of hydrogen-bond donors (Lipinski definition) is 1. The van der Waals surface area contributed by atoms with Gasteiger partial charge in [-0.3, -0.25) is 14.4 Å². The number of anilines is 1. The van der Waals surface area contributed by atoms with Crippen molar-refractivity contribution in [3.63, 3.8) is 0 Å². The summed E-state index contributed by atoms with van der Waals surface area (Å²) in [7, 11) is 3.80. The van der Waals surface area contributed by atoms with Crippen molar-refractivity contribution in [3.05, 3.63) is 64.7 Å². The number of carbonyl (C=O) groups is 3. The first-order chi connectivity index (χ1) is 22.6. The van der Waals surface area contributed by atoms with Gasteiger partial charge in [-0.15, -0.1) is 0 Å². The molecule has 0 radical (unpaired) electrons. The van der Waals surface area contributed by atoms with E-state index in [1.165, 1.54) is 0 Å². The molecule has 1 aromatic carbocycles. The van der Waals surface area contributed by atoms with E-state index < -0.39 is 5.41 Å². The Morgan fingerprint density at radius 2 is 1.91 bits per heavy atom. The summed E-state index contributed by atoms with van der Waals surface area (Å²) in [6.45, 7) is 6.82. The zero-order chi connectivity index (χ0) is 33.1. The number of pyridine rings is 1. The van der Waals surface area contributed by atoms with E-state index in [9.17, 15) is 14.4 Å². The molecule has 3 amide bonds. The minimum absolute atomic E-state index is 0.0216. The molecule has 1 N–H and O–H groups in total. The molecule has 0 saturated carbocycles. The molecule has 2 aromatic heterocycles. The van der Waals surface area contributed by atoms with Gasteiger partial charge in [0.25, 0.3) is 5.91 Å². The number of rotatable bonds is 5. The van der Waals surface area contributed by atoms with E-state index in [0.717, 1.165) is 28.4 Å². The van der Waals surface area contributed by atoms with Gasteiger partial charge in [-0.1, -0.05) is 17.3 Å². The van der Waals surface area contributed by atoms with E-state index in [0.29, 0.717) is 88.7 Å². The van der Waals surface area contributed by atoms with E-state index in [2.05, 4.69) is 15.5 Å². The van der Waals surface area contributed by atoms with E-state index in [-0.39, 0.29) is 30.1 Å². The highest BCUT2D eigenvalue weighted by Crippen LogP contribution is 2.52. The second-order valence-corrected chi connectivity index (χ2v) is 13.1. The molecule has 47 heavy (non-hydrogen) atoms. The predicted molar refractivity (Wildman–Crippen MR) is 175 cm³/mol. The first kappa shape index (κ1) is 32.3. The molecular weight excluding hydrogens is 600 g/mol. The first-order valence-corrected chi connectivity index (χ1v) is 16.4. The maximum absolute atomic E-state index is 13.6. The molecule has 12 heteroatoms. The van der Waals surface area contributed by atoms with Crippen molar-refractivity contribution in [1.29, 1.82) is 0 Å². The van der Waals surface area contributed by atoms with Crippen molar-refractivity contribution in [2.24, 2.45) is 5.41 Å². The van der Waals surface area contributed by atoms with Crippen LogP contribution in [0.1, 0.15) is 64.5 Å². The number of amides is 3. The summed E-state index contributed by atoms with van der Waals surface area (Å²) >= 11 is 0. The van der Waals surface area contributed by atoms with Crippen LogP contribution in [0.5, 0.6) is 11.5 Å². The van der Waals surface area contributed by atoms with Gasteiger partial charge in [0.2, 0.25) is 11.8 Å². The summed E-state index contributed by atoms with van der Waals surface area (Å²) in [5, 5.41) is 7.18. The number of nitrogens with one attached hydrogen (secondary N) is 1. The molecule has 2 atom stereocenters. The first-order valence-electron chi connectivity index (χ1n) is 16.4. The quantitative estimate of drug-likeness (QED) is 0.444. The molecule has 12 nitrogen and oxygen atoms in total. The number of nitrogens with zero attached hydrogens (tertiary/aromatic N) is 5. The maximum Gasteiger partial charge on any atom is 0.255 e. The summed E-state index contributed by atoms with van der Waals surface area (Å²) in [6, 6.07) is 9.51. The molecule has 4 aliphatic heterocycles. The van der Waals surface area contributed by atoms with Crippen LogP contribution in [0.15, 0.2) is 41.1 Å². The Morgan fingerprint density at radius 3 is 2.66 bits per heavy atom. The number of aromatic nitrogens is 2. The number of aryl methyl sites for hydroxylation is 2. The van der Waals surface area contributed by atoms with Crippen molar-refractivity contribution < 1.29 is 28.4 Å². The highest BCUT2D eigenvalue weighted by Gasteiger charge is 2.53. The predicted octanol–water partition coefficient (Wildman–Crippen LogP) is 3.51. The van der Waals surface area contributed by atoms with Gasteiger partial charge in [0, 0.05) is 88.3 Å². The highest BCUT2D eigenvalue weighted by molar-refractivity contribution is 5.94. The molecule has 0 aliphatic carbocycles. The summed E-state index contributed by atoms with van der Waals surface area (Å²) in [6.07, 6.45) is 3.91. The van der Waals surface area contributed by atoms with Gasteiger partial charge in [-0.25, -0.2) is 4.98 Å². The summed E-state index contributed by atoms with van der Waals surface area (Å²) in [5.41, 5.74) is 2.80. The van der Waals surface area contributed by atoms with E-state index in [1.54, 1.807) is 17.2 Å². The molecule has 1 saturated heterocycles. The SMILES string of the molecule is Cc1noc(C)c1CCC(=O)N1C[C@H]2c3cccc4c3OC[C@@]2(CNC(=O)CCCN(C(=O)c2ccc(N(C)C)nc2)CCCO4)C1. The van der Waals surface area contributed by atoms with Crippen LogP contribution < -0.4 is 19.7 Å². The van der Waals surface area contributed by atoms with Crippen molar-refractivity contribution >= 4 is 23.5 Å². The fourth-order valence-electron chi connectivity index (χ4n) is 7.01. The van der Waals surface area contributed by atoms with Crippen molar-refractivity contribution in [1.82, 2.24) is 25.3 Å². The van der Waals surface area contributed by atoms with E-state index >= 15 is 0 Å². The van der Waals surface area contributed by atoms with Gasteiger partial charge in [0.15, 0.2) is 11.5 Å². The lowest BCUT2D eigenvalue weighted by atomic mass is 9.73. The molecule has 4 bridgehead atoms. The summed E-state index contributed by atoms with van der Waals surface area (Å²) in [4.78, 5) is 50.2. The van der Waals surface area contributed by atoms with Crippen LogP contribution >= 0.6 is 0 Å². The fourth-order valence-corrected chi connectivity index (χ4v) is 7.01. The molecule has 0 unspecified atom stereocenters. The van der Waals surface area contributed by atoms with Gasteiger partial charge in [-0.05, 0) is 51.3 Å². The normalized spacial score (nSPS) is 21.4. The second-order valence-electron chi connectivity index (χ2n) is 13.1. The number of carbonyl (C=O) groups excluding carboxylic acids is 3. The highest BCUT2D eigenvalue weighted by atomic mass is 16.5. The summed E-state index contributed by atoms with van der Waals surface area (Å²) < 4.78 is 18.0. The Kier molecular flexibility index (Phi) is 9.38. The topological polar surface area (TPSA) is 130 Å². The van der Waals surface area contributed by atoms with Gasteiger partial charge in [-0.2, -0.15) is 0 Å². The molecule has 1 fully saturated rings. The lowest BCUT2D eigenvalue weighted by molar-refractivity contribution is -0.130. The molecule has 1 spiro atoms. The molecule has 6 heterocycles. The average Bonchev–Trinajstić information content (AvgIpc) is 3.62. The number of para-hydroxylation sites is 1. The van der Waals surface area contributed by atoms with Crippen molar-refractivity contribution in [2.75, 3.05) is 64.9 Å². The van der Waals surface area contributed by atoms with Crippen LogP contribution in [0.2, 0.25) is 0 Å². The number of benzene rings is 1. The Balaban J connectivity index is 1.19. The molecule has 3 aromatic rings. The largest absolute Gasteiger partial charge is 0.490 e. The third kappa shape index (κ3) is 6.77. The lowest BCUT2D eigenvalue weighted by Gasteiger charge is -2.40. The number of likely N-dealkylation sites (tertiary alicyclic amines) is 1. The van der Waals surface area contributed by atoms with Crippen LogP contribution in [-0.2, 0) is 16.0 Å². The maximum atomic E-state index is 13.6. The van der Waals surface area contributed by atoms with Crippen LogP contribution in [0.4, 0.5) is 5.82 Å². The summed E-state index contributed by atoms with van der Waals surface area (Å²) in [5.74, 6) is 2.69. The molecule has 7 rings (SSSR count). The van der Waals surface area contributed by atoms with Gasteiger partial charge in [0.05, 0.1) is 24.5 Å². The van der Waals surface area contributed by atoms with Gasteiger partial charge >= 0.3 is 0 Å². The van der Waals surface area contributed by atoms with E-state index in [1.807, 2.05) is 62.0 Å². The number of hydrogen-bond acceptors (Lipinski definition) is 9. The third-order valence-corrected chi connectivity index (χ3v) is 9.70. The smallest absolute Gasteiger partial charge is 0.255 e. The Morgan fingerprint density at radius 1 is 1.09 bits per heavy atom.